The second-order valence-electron chi connectivity index (χ2n) is 12.0. The molecule has 264 valence electrons. The maximum atomic E-state index is 13.5. The van der Waals surface area contributed by atoms with Crippen LogP contribution in [0.1, 0.15) is 50.2 Å². The number of carboxylic acid groups (broad SMARTS) is 1. The number of ether oxygens (including phenoxy) is 1. The van der Waals surface area contributed by atoms with Crippen LogP contribution in [0.5, 0.6) is 11.5 Å². The molecule has 14 heteroatoms. The number of carboxylic acids is 1. The molecule has 9 N–H and O–H groups in total. The van der Waals surface area contributed by atoms with Crippen molar-refractivity contribution in [2.75, 3.05) is 29.6 Å². The average molecular weight is 695 g/mol. The molecule has 0 spiro atoms. The van der Waals surface area contributed by atoms with Crippen LogP contribution in [0.25, 0.3) is 0 Å². The van der Waals surface area contributed by atoms with Crippen LogP contribution in [0, 0.1) is 0 Å². The fraction of sp³-hybridized carbons (Fsp3) is 0.216. The quantitative estimate of drug-likeness (QED) is 0.102. The lowest BCUT2D eigenvalue weighted by atomic mass is 9.96. The van der Waals surface area contributed by atoms with E-state index in [0.717, 1.165) is 11.3 Å². The molecule has 0 saturated heterocycles. The van der Waals surface area contributed by atoms with Crippen molar-refractivity contribution in [1.82, 2.24) is 10.6 Å². The normalized spacial score (nSPS) is 15.0. The maximum absolute atomic E-state index is 13.5. The number of carbonyl (C=O) groups excluding carboxylic acids is 4. The number of amides is 4. The smallest absolute Gasteiger partial charge is 0.322 e. The van der Waals surface area contributed by atoms with Crippen LogP contribution >= 0.6 is 0 Å². The number of hydrogen-bond donors (Lipinski definition) is 8. The van der Waals surface area contributed by atoms with Gasteiger partial charge in [-0.2, -0.15) is 0 Å². The molecule has 1 aliphatic heterocycles. The lowest BCUT2D eigenvalue weighted by molar-refractivity contribution is -0.138. The average Bonchev–Trinajstić information content (AvgIpc) is 3.46. The van der Waals surface area contributed by atoms with Gasteiger partial charge in [-0.15, -0.1) is 0 Å². The van der Waals surface area contributed by atoms with Crippen molar-refractivity contribution < 1.29 is 38.9 Å². The summed E-state index contributed by atoms with van der Waals surface area (Å²) in [6, 6.07) is 21.7. The summed E-state index contributed by atoms with van der Waals surface area (Å²) in [6.45, 7) is 1.49. The third-order valence-electron chi connectivity index (χ3n) is 8.38. The van der Waals surface area contributed by atoms with Crippen LogP contribution in [0.4, 0.5) is 17.1 Å². The molecular formula is C37H38N6O8. The Bertz CT molecular complexity index is 1970. The molecule has 0 fully saturated rings. The van der Waals surface area contributed by atoms with Crippen molar-refractivity contribution in [3.8, 4) is 11.5 Å². The number of anilines is 3. The number of aliphatic carboxylic acids is 1. The molecular weight excluding hydrogens is 656 g/mol. The van der Waals surface area contributed by atoms with Gasteiger partial charge < -0.3 is 47.3 Å². The van der Waals surface area contributed by atoms with Crippen LogP contribution in [-0.4, -0.2) is 65.5 Å². The second-order valence-corrected chi connectivity index (χ2v) is 12.0. The van der Waals surface area contributed by atoms with Crippen molar-refractivity contribution in [2.45, 2.75) is 37.9 Å². The van der Waals surface area contributed by atoms with E-state index in [2.05, 4.69) is 26.6 Å². The summed E-state index contributed by atoms with van der Waals surface area (Å²) in [5, 5.41) is 32.6. The molecule has 3 unspecified atom stereocenters. The van der Waals surface area contributed by atoms with Gasteiger partial charge in [-0.25, -0.2) is 0 Å². The molecule has 0 saturated carbocycles. The number of hydrogen-bond acceptors (Lipinski definition) is 9. The lowest BCUT2D eigenvalue weighted by Gasteiger charge is -2.18. The molecule has 0 bridgehead atoms. The Balaban J connectivity index is 1.32. The third-order valence-corrected chi connectivity index (χ3v) is 8.38. The van der Waals surface area contributed by atoms with E-state index >= 15 is 0 Å². The molecule has 4 amide bonds. The highest BCUT2D eigenvalue weighted by atomic mass is 16.5. The molecule has 1 heterocycles. The zero-order chi connectivity index (χ0) is 36.7. The fourth-order valence-electron chi connectivity index (χ4n) is 5.66. The highest BCUT2D eigenvalue weighted by molar-refractivity contribution is 6.08. The molecule has 3 atom stereocenters. The van der Waals surface area contributed by atoms with Gasteiger partial charge in [-0.1, -0.05) is 43.3 Å². The van der Waals surface area contributed by atoms with E-state index in [9.17, 15) is 29.1 Å². The largest absolute Gasteiger partial charge is 0.504 e. The van der Waals surface area contributed by atoms with Gasteiger partial charge in [0.05, 0.1) is 13.2 Å². The molecule has 0 aliphatic carbocycles. The Morgan fingerprint density at radius 3 is 2.22 bits per heavy atom. The molecule has 51 heavy (non-hydrogen) atoms. The van der Waals surface area contributed by atoms with E-state index in [-0.39, 0.29) is 53.1 Å². The predicted molar refractivity (Wildman–Crippen MR) is 190 cm³/mol. The minimum absolute atomic E-state index is 0.0422. The van der Waals surface area contributed by atoms with Gasteiger partial charge in [0, 0.05) is 40.7 Å². The van der Waals surface area contributed by atoms with E-state index in [1.54, 1.807) is 36.4 Å². The van der Waals surface area contributed by atoms with Crippen LogP contribution in [-0.2, 0) is 27.3 Å². The first-order valence-electron chi connectivity index (χ1n) is 16.0. The Labute approximate surface area is 293 Å². The molecule has 0 radical (unpaired) electrons. The number of carbonyl (C=O) groups is 5. The highest BCUT2D eigenvalue weighted by Gasteiger charge is 2.34. The fourth-order valence-corrected chi connectivity index (χ4v) is 5.66. The second kappa shape index (κ2) is 15.9. The molecule has 4 aromatic rings. The number of phenolic OH excluding ortho intramolecular Hbond substituents is 1. The Hall–Kier alpha value is -6.41. The van der Waals surface area contributed by atoms with Crippen molar-refractivity contribution in [2.24, 2.45) is 5.73 Å². The van der Waals surface area contributed by atoms with Gasteiger partial charge in [-0.3, -0.25) is 24.0 Å². The number of para-hydroxylation sites is 1. The first-order valence-corrected chi connectivity index (χ1v) is 16.0. The maximum Gasteiger partial charge on any atom is 0.322 e. The first kappa shape index (κ1) is 35.9. The molecule has 5 rings (SSSR count). The van der Waals surface area contributed by atoms with E-state index in [4.69, 9.17) is 15.6 Å². The van der Waals surface area contributed by atoms with Gasteiger partial charge in [0.2, 0.25) is 11.8 Å². The summed E-state index contributed by atoms with van der Waals surface area (Å²) >= 11 is 0. The van der Waals surface area contributed by atoms with Crippen LogP contribution in [0.3, 0.4) is 0 Å². The zero-order valence-corrected chi connectivity index (χ0v) is 27.9. The number of nitrogens with one attached hydrogen (secondary N) is 5. The zero-order valence-electron chi connectivity index (χ0n) is 27.9. The van der Waals surface area contributed by atoms with E-state index in [0.29, 0.717) is 16.8 Å². The number of aromatic hydroxyl groups is 1. The van der Waals surface area contributed by atoms with Gasteiger partial charge in [0.15, 0.2) is 11.5 Å². The molecule has 1 aliphatic rings. The molecule has 4 aromatic carbocycles. The minimum Gasteiger partial charge on any atom is -0.504 e. The van der Waals surface area contributed by atoms with Gasteiger partial charge in [-0.05, 0) is 71.6 Å². The van der Waals surface area contributed by atoms with Crippen LogP contribution in [0.15, 0.2) is 84.9 Å². The Kier molecular flexibility index (Phi) is 11.2. The topological polar surface area (TPSA) is 221 Å². The number of methoxy groups -OCH3 is 1. The van der Waals surface area contributed by atoms with E-state index in [1.807, 2.05) is 31.2 Å². The summed E-state index contributed by atoms with van der Waals surface area (Å²) in [5.74, 6) is -3.12. The number of benzene rings is 4. The third kappa shape index (κ3) is 8.99. The lowest BCUT2D eigenvalue weighted by Crippen LogP contribution is -2.43. The van der Waals surface area contributed by atoms with Crippen molar-refractivity contribution >= 4 is 46.7 Å². The number of rotatable bonds is 13. The summed E-state index contributed by atoms with van der Waals surface area (Å²) in [5.41, 5.74) is 9.97. The number of fused-ring (bicyclic) bond motifs is 1. The molecule has 14 nitrogen and oxygen atoms in total. The van der Waals surface area contributed by atoms with Crippen molar-refractivity contribution in [1.29, 1.82) is 0 Å². The standard InChI is InChI=1S/C37H38N6O8/c1-20-27-5-3-4-6-29(27)43-33(20)37(50)42-26-16-23(34(47)39-18-22-9-12-30(44)31(14-22)51-2)15-24(17-26)35(48)41-25-10-7-21(8-11-25)13-28(38)36(49)40-19-32(45)46/h3-12,14-17,20,28,33,43-44H,13,18-19,38H2,1-2H3,(H,39,47)(H,40,49)(H,41,48)(H,42,50)(H,45,46). The summed E-state index contributed by atoms with van der Waals surface area (Å²) < 4.78 is 5.15. The summed E-state index contributed by atoms with van der Waals surface area (Å²) in [7, 11) is 1.42. The summed E-state index contributed by atoms with van der Waals surface area (Å²) in [6.07, 6.45) is 0.135. The van der Waals surface area contributed by atoms with Crippen LogP contribution in [0.2, 0.25) is 0 Å². The summed E-state index contributed by atoms with van der Waals surface area (Å²) in [4.78, 5) is 63.2. The SMILES string of the molecule is COc1cc(CNC(=O)c2cc(NC(=O)C3Nc4ccccc4C3C)cc(C(=O)Nc3ccc(CC(N)C(=O)NCC(=O)O)cc3)c2)ccc1O. The number of nitrogens with two attached hydrogens (primary N) is 1. The van der Waals surface area contributed by atoms with E-state index < -0.39 is 42.3 Å². The number of phenols is 1. The van der Waals surface area contributed by atoms with Crippen molar-refractivity contribution in [3.63, 3.8) is 0 Å². The minimum atomic E-state index is -1.18. The van der Waals surface area contributed by atoms with Crippen LogP contribution < -0.4 is 37.1 Å². The van der Waals surface area contributed by atoms with Crippen molar-refractivity contribution in [3.05, 3.63) is 113 Å². The van der Waals surface area contributed by atoms with E-state index in [1.165, 1.54) is 31.4 Å². The van der Waals surface area contributed by atoms with Gasteiger partial charge >= 0.3 is 5.97 Å². The first-order chi connectivity index (χ1) is 24.4. The van der Waals surface area contributed by atoms with Gasteiger partial charge in [0.25, 0.3) is 11.8 Å². The Morgan fingerprint density at radius 2 is 1.53 bits per heavy atom. The van der Waals surface area contributed by atoms with Gasteiger partial charge in [0.1, 0.15) is 12.6 Å². The molecule has 0 aromatic heterocycles. The highest BCUT2D eigenvalue weighted by Crippen LogP contribution is 2.36. The predicted octanol–water partition coefficient (Wildman–Crippen LogP) is 3.19. The monoisotopic (exact) mass is 694 g/mol. The Morgan fingerprint density at radius 1 is 0.843 bits per heavy atom.